The van der Waals surface area contributed by atoms with E-state index in [-0.39, 0.29) is 17.8 Å². The van der Waals surface area contributed by atoms with Gasteiger partial charge in [0.1, 0.15) is 0 Å². The van der Waals surface area contributed by atoms with Crippen molar-refractivity contribution in [1.82, 2.24) is 0 Å². The Morgan fingerprint density at radius 2 is 2.00 bits per heavy atom. The molecule has 0 aliphatic heterocycles. The van der Waals surface area contributed by atoms with Crippen LogP contribution in [0.1, 0.15) is 29.8 Å². The van der Waals surface area contributed by atoms with Gasteiger partial charge in [0.15, 0.2) is 0 Å². The average Bonchev–Trinajstić information content (AvgIpc) is 2.33. The van der Waals surface area contributed by atoms with Gasteiger partial charge in [0.05, 0.1) is 11.1 Å². The van der Waals surface area contributed by atoms with Gasteiger partial charge in [-0.25, -0.2) is 4.79 Å². The van der Waals surface area contributed by atoms with E-state index in [1.165, 1.54) is 17.0 Å². The van der Waals surface area contributed by atoms with E-state index in [1.54, 1.807) is 13.8 Å². The second-order valence-corrected chi connectivity index (χ2v) is 4.51. The molecule has 3 nitrogen and oxygen atoms in total. The largest absolute Gasteiger partial charge is 0.478 e. The van der Waals surface area contributed by atoms with Gasteiger partial charge in [0, 0.05) is 18.8 Å². The summed E-state index contributed by atoms with van der Waals surface area (Å²) in [5.41, 5.74) is -0.636. The highest BCUT2D eigenvalue weighted by molar-refractivity contribution is 5.88. The molecule has 0 heterocycles. The van der Waals surface area contributed by atoms with Crippen LogP contribution in [0.4, 0.5) is 18.9 Å². The maximum absolute atomic E-state index is 13.1. The molecule has 1 aromatic carbocycles. The first-order chi connectivity index (χ1) is 9.16. The molecule has 0 fully saturated rings. The molecule has 0 radical (unpaired) electrons. The lowest BCUT2D eigenvalue weighted by atomic mass is 10.1. The van der Waals surface area contributed by atoms with Crippen molar-refractivity contribution in [3.8, 4) is 0 Å². The zero-order valence-electron chi connectivity index (χ0n) is 11.3. The third-order valence-corrected chi connectivity index (χ3v) is 2.73. The van der Waals surface area contributed by atoms with Crippen molar-refractivity contribution in [2.75, 3.05) is 18.0 Å². The molecule has 0 saturated carbocycles. The molecule has 0 saturated heterocycles. The van der Waals surface area contributed by atoms with Crippen LogP contribution >= 0.6 is 0 Å². The summed E-state index contributed by atoms with van der Waals surface area (Å²) in [4.78, 5) is 12.3. The molecule has 1 aromatic rings. The van der Waals surface area contributed by atoms with Crippen LogP contribution in [0.5, 0.6) is 0 Å². The van der Waals surface area contributed by atoms with E-state index in [4.69, 9.17) is 5.11 Å². The summed E-state index contributed by atoms with van der Waals surface area (Å²) in [5.74, 6) is -1.38. The van der Waals surface area contributed by atoms with Crippen molar-refractivity contribution < 1.29 is 23.1 Å². The minimum Gasteiger partial charge on any atom is -0.478 e. The highest BCUT2D eigenvalue weighted by Gasteiger charge is 2.35. The number of hydrogen-bond acceptors (Lipinski definition) is 2. The predicted octanol–water partition coefficient (Wildman–Crippen LogP) is 3.81. The van der Waals surface area contributed by atoms with Crippen LogP contribution in [-0.4, -0.2) is 24.2 Å². The molecular formula is C14H16F3NO2. The van der Waals surface area contributed by atoms with Crippen LogP contribution in [0.3, 0.4) is 0 Å². The van der Waals surface area contributed by atoms with E-state index >= 15 is 0 Å². The monoisotopic (exact) mass is 287 g/mol. The van der Waals surface area contributed by atoms with Crippen molar-refractivity contribution in [1.29, 1.82) is 0 Å². The molecule has 1 rings (SSSR count). The number of halogens is 3. The molecule has 0 aliphatic carbocycles. The number of nitrogens with zero attached hydrogens (tertiary/aromatic N) is 1. The van der Waals surface area contributed by atoms with Gasteiger partial charge in [-0.15, -0.1) is 0 Å². The molecule has 6 heteroatoms. The molecule has 0 amide bonds. The molecular weight excluding hydrogens is 271 g/mol. The Morgan fingerprint density at radius 1 is 1.40 bits per heavy atom. The smallest absolute Gasteiger partial charge is 0.418 e. The van der Waals surface area contributed by atoms with Gasteiger partial charge < -0.3 is 10.0 Å². The number of rotatable bonds is 5. The third kappa shape index (κ3) is 3.76. The summed E-state index contributed by atoms with van der Waals surface area (Å²) in [6.07, 6.45) is -4.61. The molecule has 0 aliphatic rings. The van der Waals surface area contributed by atoms with Crippen molar-refractivity contribution >= 4 is 11.7 Å². The fourth-order valence-electron chi connectivity index (χ4n) is 1.87. The summed E-state index contributed by atoms with van der Waals surface area (Å²) in [7, 11) is 0. The Morgan fingerprint density at radius 3 is 2.40 bits per heavy atom. The number of carboxylic acid groups (broad SMARTS) is 1. The number of anilines is 1. The lowest BCUT2D eigenvalue weighted by Gasteiger charge is -2.27. The Hall–Kier alpha value is -1.98. The molecule has 0 atom stereocenters. The molecule has 0 unspecified atom stereocenters. The first kappa shape index (κ1) is 16.1. The number of carboxylic acids is 1. The van der Waals surface area contributed by atoms with Crippen LogP contribution in [0, 0.1) is 0 Å². The SMILES string of the molecule is C=C(C)CN(CC)c1ccc(C(=O)O)cc1C(F)(F)F. The van der Waals surface area contributed by atoms with E-state index in [0.717, 1.165) is 5.57 Å². The minimum absolute atomic E-state index is 0.0343. The topological polar surface area (TPSA) is 40.5 Å². The number of alkyl halides is 3. The highest BCUT2D eigenvalue weighted by atomic mass is 19.4. The maximum Gasteiger partial charge on any atom is 0.418 e. The zero-order valence-corrected chi connectivity index (χ0v) is 11.3. The van der Waals surface area contributed by atoms with Gasteiger partial charge in [0.2, 0.25) is 0 Å². The Bertz CT molecular complexity index is 524. The fourth-order valence-corrected chi connectivity index (χ4v) is 1.87. The zero-order chi connectivity index (χ0) is 15.5. The second-order valence-electron chi connectivity index (χ2n) is 4.51. The second kappa shape index (κ2) is 5.98. The van der Waals surface area contributed by atoms with Gasteiger partial charge in [-0.1, -0.05) is 12.2 Å². The lowest BCUT2D eigenvalue weighted by Crippen LogP contribution is -2.27. The van der Waals surface area contributed by atoms with E-state index in [9.17, 15) is 18.0 Å². The Labute approximate surface area is 115 Å². The van der Waals surface area contributed by atoms with Crippen LogP contribution in [-0.2, 0) is 6.18 Å². The predicted molar refractivity (Wildman–Crippen MR) is 71.1 cm³/mol. The van der Waals surface area contributed by atoms with Gasteiger partial charge in [-0.3, -0.25) is 0 Å². The summed E-state index contributed by atoms with van der Waals surface area (Å²) < 4.78 is 39.3. The molecule has 0 aromatic heterocycles. The van der Waals surface area contributed by atoms with E-state index in [1.807, 2.05) is 0 Å². The standard InChI is InChI=1S/C14H16F3NO2/c1-4-18(8-9(2)3)12-6-5-10(13(19)20)7-11(12)14(15,16)17/h5-7H,2,4,8H2,1,3H3,(H,19,20). The minimum atomic E-state index is -4.61. The van der Waals surface area contributed by atoms with Gasteiger partial charge in [-0.2, -0.15) is 13.2 Å². The molecule has 0 bridgehead atoms. The van der Waals surface area contributed by atoms with Gasteiger partial charge >= 0.3 is 12.1 Å². The van der Waals surface area contributed by atoms with Crippen molar-refractivity contribution in [3.63, 3.8) is 0 Å². The number of likely N-dealkylation sites (N-methyl/N-ethyl adjacent to an activating group) is 1. The quantitative estimate of drug-likeness (QED) is 0.837. The normalized spacial score (nSPS) is 11.2. The first-order valence-corrected chi connectivity index (χ1v) is 6.00. The fraction of sp³-hybridized carbons (Fsp3) is 0.357. The van der Waals surface area contributed by atoms with Crippen LogP contribution in [0.15, 0.2) is 30.4 Å². The number of benzene rings is 1. The summed E-state index contributed by atoms with van der Waals surface area (Å²) in [6, 6.07) is 3.03. The Balaban J connectivity index is 3.37. The van der Waals surface area contributed by atoms with E-state index in [0.29, 0.717) is 12.6 Å². The van der Waals surface area contributed by atoms with Crippen molar-refractivity contribution in [3.05, 3.63) is 41.5 Å². The van der Waals surface area contributed by atoms with Gasteiger partial charge in [0.25, 0.3) is 0 Å². The Kier molecular flexibility index (Phi) is 4.81. The average molecular weight is 287 g/mol. The molecule has 20 heavy (non-hydrogen) atoms. The van der Waals surface area contributed by atoms with Crippen LogP contribution in [0.2, 0.25) is 0 Å². The molecule has 1 N–H and O–H groups in total. The van der Waals surface area contributed by atoms with Gasteiger partial charge in [-0.05, 0) is 32.0 Å². The van der Waals surface area contributed by atoms with Crippen molar-refractivity contribution in [2.24, 2.45) is 0 Å². The number of aromatic carboxylic acids is 1. The summed E-state index contributed by atoms with van der Waals surface area (Å²) >= 11 is 0. The number of carbonyl (C=O) groups is 1. The van der Waals surface area contributed by atoms with Crippen LogP contribution < -0.4 is 4.90 Å². The highest BCUT2D eigenvalue weighted by Crippen LogP contribution is 2.37. The molecule has 110 valence electrons. The van der Waals surface area contributed by atoms with Crippen LogP contribution in [0.25, 0.3) is 0 Å². The summed E-state index contributed by atoms with van der Waals surface area (Å²) in [6.45, 7) is 7.79. The summed E-state index contributed by atoms with van der Waals surface area (Å²) in [5, 5.41) is 8.81. The van der Waals surface area contributed by atoms with Crippen molar-refractivity contribution in [2.45, 2.75) is 20.0 Å². The molecule has 0 spiro atoms. The maximum atomic E-state index is 13.1. The van der Waals surface area contributed by atoms with E-state index < -0.39 is 17.7 Å². The lowest BCUT2D eigenvalue weighted by molar-refractivity contribution is -0.137. The third-order valence-electron chi connectivity index (χ3n) is 2.73. The number of hydrogen-bond donors (Lipinski definition) is 1. The van der Waals surface area contributed by atoms with E-state index in [2.05, 4.69) is 6.58 Å². The first-order valence-electron chi connectivity index (χ1n) is 6.00.